The van der Waals surface area contributed by atoms with Gasteiger partial charge in [-0.25, -0.2) is 0 Å². The molecule has 0 radical (unpaired) electrons. The maximum atomic E-state index is 13.9. The van der Waals surface area contributed by atoms with Gasteiger partial charge in [0.25, 0.3) is 0 Å². The number of hydrogen-bond donors (Lipinski definition) is 0. The molecule has 0 amide bonds. The summed E-state index contributed by atoms with van der Waals surface area (Å²) in [5.41, 5.74) is 1.07. The molecule has 2 aromatic rings. The number of anilines is 1. The van der Waals surface area contributed by atoms with Crippen LogP contribution in [0.3, 0.4) is 0 Å². The van der Waals surface area contributed by atoms with E-state index in [-0.39, 0.29) is 6.04 Å². The van der Waals surface area contributed by atoms with Gasteiger partial charge >= 0.3 is 5.69 Å². The third-order valence-corrected chi connectivity index (χ3v) is 4.93. The molecule has 1 saturated heterocycles. The summed E-state index contributed by atoms with van der Waals surface area (Å²) >= 11 is 0. The van der Waals surface area contributed by atoms with Crippen molar-refractivity contribution in [1.82, 2.24) is 4.90 Å². The fourth-order valence-corrected chi connectivity index (χ4v) is 3.40. The molecule has 3 rings (SSSR count). The molecular formula is C19H22FN3O3. The van der Waals surface area contributed by atoms with Gasteiger partial charge in [0, 0.05) is 32.2 Å². The highest BCUT2D eigenvalue weighted by molar-refractivity contribution is 5.64. The Morgan fingerprint density at radius 2 is 1.85 bits per heavy atom. The van der Waals surface area contributed by atoms with Crippen molar-refractivity contribution in [1.29, 1.82) is 0 Å². The zero-order chi connectivity index (χ0) is 18.7. The maximum absolute atomic E-state index is 13.9. The molecule has 7 heteroatoms. The van der Waals surface area contributed by atoms with Crippen LogP contribution in [0.1, 0.15) is 18.5 Å². The first kappa shape index (κ1) is 18.1. The van der Waals surface area contributed by atoms with Crippen molar-refractivity contribution in [3.63, 3.8) is 0 Å². The van der Waals surface area contributed by atoms with Gasteiger partial charge in [0.2, 0.25) is 5.82 Å². The summed E-state index contributed by atoms with van der Waals surface area (Å²) in [6.45, 7) is 4.84. The molecule has 6 nitrogen and oxygen atoms in total. The molecule has 1 unspecified atom stereocenters. The number of ether oxygens (including phenoxy) is 1. The van der Waals surface area contributed by atoms with Crippen LogP contribution in [-0.2, 0) is 0 Å². The van der Waals surface area contributed by atoms with Gasteiger partial charge in [0.15, 0.2) is 0 Å². The zero-order valence-electron chi connectivity index (χ0n) is 14.9. The number of benzene rings is 2. The summed E-state index contributed by atoms with van der Waals surface area (Å²) in [5.74, 6) is 0.0306. The summed E-state index contributed by atoms with van der Waals surface area (Å²) in [7, 11) is 1.65. The van der Waals surface area contributed by atoms with Crippen LogP contribution in [0.25, 0.3) is 0 Å². The maximum Gasteiger partial charge on any atom is 0.327 e. The lowest BCUT2D eigenvalue weighted by Crippen LogP contribution is -2.47. The lowest BCUT2D eigenvalue weighted by atomic mass is 10.1. The van der Waals surface area contributed by atoms with E-state index in [2.05, 4.69) is 17.9 Å². The van der Waals surface area contributed by atoms with E-state index in [4.69, 9.17) is 4.74 Å². The average Bonchev–Trinajstić information content (AvgIpc) is 2.67. The molecule has 0 saturated carbocycles. The van der Waals surface area contributed by atoms with Crippen LogP contribution < -0.4 is 9.64 Å². The SMILES string of the molecule is COc1cccc(C(C)N2CCN(c3cccc(F)c3[N+](=O)[O-])CC2)c1. The standard InChI is InChI=1S/C19H22FN3O3/c1-14(15-5-3-6-16(13-15)26-2)21-9-11-22(12-10-21)18-8-4-7-17(20)19(18)23(24)25/h3-8,13-14H,9-12H2,1-2H3. The minimum Gasteiger partial charge on any atom is -0.497 e. The predicted molar refractivity (Wildman–Crippen MR) is 98.2 cm³/mol. The number of nitro benzene ring substituents is 1. The van der Waals surface area contributed by atoms with Gasteiger partial charge < -0.3 is 9.64 Å². The van der Waals surface area contributed by atoms with Crippen molar-refractivity contribution in [3.05, 3.63) is 64.0 Å². The Labute approximate surface area is 151 Å². The van der Waals surface area contributed by atoms with Crippen molar-refractivity contribution >= 4 is 11.4 Å². The fourth-order valence-electron chi connectivity index (χ4n) is 3.40. The number of para-hydroxylation sites is 1. The van der Waals surface area contributed by atoms with Crippen molar-refractivity contribution < 1.29 is 14.1 Å². The summed E-state index contributed by atoms with van der Waals surface area (Å²) in [6, 6.07) is 12.4. The number of hydrogen-bond acceptors (Lipinski definition) is 5. The minimum atomic E-state index is -0.792. The van der Waals surface area contributed by atoms with Gasteiger partial charge in [-0.1, -0.05) is 18.2 Å². The first-order valence-electron chi connectivity index (χ1n) is 8.57. The summed E-state index contributed by atoms with van der Waals surface area (Å²) in [6.07, 6.45) is 0. The number of piperazine rings is 1. The molecule has 1 heterocycles. The summed E-state index contributed by atoms with van der Waals surface area (Å²) < 4.78 is 19.2. The number of nitrogens with zero attached hydrogens (tertiary/aromatic N) is 3. The smallest absolute Gasteiger partial charge is 0.327 e. The Morgan fingerprint density at radius 1 is 1.15 bits per heavy atom. The Morgan fingerprint density at radius 3 is 2.50 bits per heavy atom. The molecule has 1 aliphatic heterocycles. The Bertz CT molecular complexity index is 791. The number of halogens is 1. The number of nitro groups is 1. The second-order valence-corrected chi connectivity index (χ2v) is 6.34. The van der Waals surface area contributed by atoms with Gasteiger partial charge in [0.1, 0.15) is 11.4 Å². The lowest BCUT2D eigenvalue weighted by Gasteiger charge is -2.39. The van der Waals surface area contributed by atoms with E-state index in [1.807, 2.05) is 23.1 Å². The second kappa shape index (κ2) is 7.70. The van der Waals surface area contributed by atoms with Crippen molar-refractivity contribution in [2.75, 3.05) is 38.2 Å². The molecule has 0 aliphatic carbocycles. The molecule has 26 heavy (non-hydrogen) atoms. The van der Waals surface area contributed by atoms with Crippen LogP contribution in [0.15, 0.2) is 42.5 Å². The normalized spacial score (nSPS) is 16.3. The molecule has 1 fully saturated rings. The second-order valence-electron chi connectivity index (χ2n) is 6.34. The van der Waals surface area contributed by atoms with E-state index in [9.17, 15) is 14.5 Å². The van der Waals surface area contributed by atoms with Crippen LogP contribution in [-0.4, -0.2) is 43.1 Å². The van der Waals surface area contributed by atoms with Crippen molar-refractivity contribution in [2.24, 2.45) is 0 Å². The molecule has 1 atom stereocenters. The van der Waals surface area contributed by atoms with E-state index in [1.54, 1.807) is 13.2 Å². The molecule has 0 bridgehead atoms. The van der Waals surface area contributed by atoms with Crippen molar-refractivity contribution in [3.8, 4) is 5.75 Å². The Kier molecular flexibility index (Phi) is 5.37. The van der Waals surface area contributed by atoms with Crippen LogP contribution in [0.5, 0.6) is 5.75 Å². The highest BCUT2D eigenvalue weighted by Gasteiger charge is 2.28. The van der Waals surface area contributed by atoms with Gasteiger partial charge in [-0.2, -0.15) is 4.39 Å². The third-order valence-electron chi connectivity index (χ3n) is 4.93. The van der Waals surface area contributed by atoms with Crippen LogP contribution in [0.4, 0.5) is 15.8 Å². The molecule has 0 N–H and O–H groups in total. The van der Waals surface area contributed by atoms with E-state index >= 15 is 0 Å². The molecule has 1 aliphatic rings. The zero-order valence-corrected chi connectivity index (χ0v) is 14.9. The van der Waals surface area contributed by atoms with Crippen LogP contribution >= 0.6 is 0 Å². The quantitative estimate of drug-likeness (QED) is 0.603. The van der Waals surface area contributed by atoms with E-state index in [1.165, 1.54) is 6.07 Å². The molecule has 2 aromatic carbocycles. The Balaban J connectivity index is 1.71. The van der Waals surface area contributed by atoms with E-state index in [0.717, 1.165) is 30.5 Å². The lowest BCUT2D eigenvalue weighted by molar-refractivity contribution is -0.386. The van der Waals surface area contributed by atoms with Crippen LogP contribution in [0, 0.1) is 15.9 Å². The monoisotopic (exact) mass is 359 g/mol. The first-order chi connectivity index (χ1) is 12.5. The summed E-state index contributed by atoms with van der Waals surface area (Å²) in [5, 5.41) is 11.2. The van der Waals surface area contributed by atoms with Gasteiger partial charge in [-0.3, -0.25) is 15.0 Å². The highest BCUT2D eigenvalue weighted by Crippen LogP contribution is 2.32. The highest BCUT2D eigenvalue weighted by atomic mass is 19.1. The molecule has 138 valence electrons. The average molecular weight is 359 g/mol. The minimum absolute atomic E-state index is 0.203. The molecular weight excluding hydrogens is 337 g/mol. The Hall–Kier alpha value is -2.67. The van der Waals surface area contributed by atoms with E-state index < -0.39 is 16.4 Å². The largest absolute Gasteiger partial charge is 0.497 e. The molecule has 0 spiro atoms. The van der Waals surface area contributed by atoms with E-state index in [0.29, 0.717) is 18.8 Å². The predicted octanol–water partition coefficient (Wildman–Crippen LogP) is 3.63. The van der Waals surface area contributed by atoms with Gasteiger partial charge in [0.05, 0.1) is 12.0 Å². The third kappa shape index (κ3) is 3.62. The first-order valence-corrected chi connectivity index (χ1v) is 8.57. The number of methoxy groups -OCH3 is 1. The van der Waals surface area contributed by atoms with Crippen molar-refractivity contribution in [2.45, 2.75) is 13.0 Å². The van der Waals surface area contributed by atoms with Gasteiger partial charge in [-0.05, 0) is 36.8 Å². The van der Waals surface area contributed by atoms with Crippen LogP contribution in [0.2, 0.25) is 0 Å². The van der Waals surface area contributed by atoms with Gasteiger partial charge in [-0.15, -0.1) is 0 Å². The summed E-state index contributed by atoms with van der Waals surface area (Å²) in [4.78, 5) is 14.8. The fraction of sp³-hybridized carbons (Fsp3) is 0.368. The number of rotatable bonds is 5. The topological polar surface area (TPSA) is 58.8 Å². The molecule has 0 aromatic heterocycles.